The molecular formula is C18H28N6O3S2. The highest BCUT2D eigenvalue weighted by molar-refractivity contribution is 7.91. The quantitative estimate of drug-likeness (QED) is 0.696. The van der Waals surface area contributed by atoms with E-state index in [4.69, 9.17) is 0 Å². The summed E-state index contributed by atoms with van der Waals surface area (Å²) < 4.78 is 28.9. The second-order valence-corrected chi connectivity index (χ2v) is 10.8. The molecule has 1 aliphatic rings. The zero-order valence-corrected chi connectivity index (χ0v) is 19.0. The normalized spacial score (nSPS) is 17.1. The minimum absolute atomic E-state index is 0.103. The topological polar surface area (TPSA) is 111 Å². The third kappa shape index (κ3) is 5.03. The number of hydrogen-bond donors (Lipinski definition) is 2. The van der Waals surface area contributed by atoms with Crippen molar-refractivity contribution >= 4 is 27.3 Å². The van der Waals surface area contributed by atoms with Crippen molar-refractivity contribution in [1.82, 2.24) is 24.6 Å². The van der Waals surface area contributed by atoms with Crippen LogP contribution in [0.3, 0.4) is 0 Å². The summed E-state index contributed by atoms with van der Waals surface area (Å²) in [5, 5.41) is 0.690. The van der Waals surface area contributed by atoms with E-state index in [9.17, 15) is 13.2 Å². The van der Waals surface area contributed by atoms with Gasteiger partial charge in [-0.15, -0.1) is 11.3 Å². The van der Waals surface area contributed by atoms with Gasteiger partial charge in [0, 0.05) is 32.2 Å². The Bertz CT molecular complexity index is 1020. The summed E-state index contributed by atoms with van der Waals surface area (Å²) in [6.45, 7) is 10.5. The highest BCUT2D eigenvalue weighted by Gasteiger charge is 2.29. The minimum atomic E-state index is -3.79. The summed E-state index contributed by atoms with van der Waals surface area (Å²) in [7, 11) is -1.73. The first-order valence-electron chi connectivity index (χ1n) is 9.58. The van der Waals surface area contributed by atoms with E-state index < -0.39 is 16.1 Å². The molecule has 160 valence electrons. The number of aromatic amines is 1. The fourth-order valence-electron chi connectivity index (χ4n) is 3.31. The molecule has 1 saturated heterocycles. The molecule has 1 fully saturated rings. The molecule has 0 spiro atoms. The van der Waals surface area contributed by atoms with Gasteiger partial charge in [0.15, 0.2) is 4.21 Å². The number of thiazole rings is 1. The van der Waals surface area contributed by atoms with Crippen LogP contribution >= 0.6 is 11.3 Å². The van der Waals surface area contributed by atoms with Crippen LogP contribution in [0.25, 0.3) is 0 Å². The molecule has 0 bridgehead atoms. The van der Waals surface area contributed by atoms with Gasteiger partial charge in [-0.25, -0.2) is 23.1 Å². The van der Waals surface area contributed by atoms with Gasteiger partial charge >= 0.3 is 0 Å². The monoisotopic (exact) mass is 440 g/mol. The number of piperazine rings is 1. The van der Waals surface area contributed by atoms with Gasteiger partial charge in [0.25, 0.3) is 15.6 Å². The molecule has 3 rings (SSSR count). The average molecular weight is 441 g/mol. The van der Waals surface area contributed by atoms with Gasteiger partial charge in [0.2, 0.25) is 5.95 Å². The minimum Gasteiger partial charge on any atom is -0.340 e. The predicted octanol–water partition coefficient (Wildman–Crippen LogP) is 1.27. The second kappa shape index (κ2) is 8.50. The third-order valence-electron chi connectivity index (χ3n) is 4.92. The molecule has 11 heteroatoms. The maximum Gasteiger partial charge on any atom is 0.252 e. The number of sulfonamides is 1. The van der Waals surface area contributed by atoms with Crippen molar-refractivity contribution in [2.75, 3.05) is 38.1 Å². The number of rotatable bonds is 6. The first-order valence-corrected chi connectivity index (χ1v) is 11.9. The fraction of sp³-hybridized carbons (Fsp3) is 0.611. The summed E-state index contributed by atoms with van der Waals surface area (Å²) in [6, 6.07) is 0.743. The predicted molar refractivity (Wildman–Crippen MR) is 114 cm³/mol. The van der Waals surface area contributed by atoms with Gasteiger partial charge in [-0.05, 0) is 26.8 Å². The Morgan fingerprint density at radius 3 is 2.38 bits per heavy atom. The van der Waals surface area contributed by atoms with Crippen molar-refractivity contribution in [3.63, 3.8) is 0 Å². The van der Waals surface area contributed by atoms with Crippen molar-refractivity contribution in [2.45, 2.75) is 37.9 Å². The third-order valence-corrected chi connectivity index (χ3v) is 8.05. The number of nitrogens with zero attached hydrogens (tertiary/aromatic N) is 4. The molecule has 1 aliphatic heterocycles. The zero-order valence-electron chi connectivity index (χ0n) is 17.4. The summed E-state index contributed by atoms with van der Waals surface area (Å²) in [5.41, 5.74) is 0.596. The van der Waals surface area contributed by atoms with Gasteiger partial charge in [0.05, 0.1) is 22.4 Å². The van der Waals surface area contributed by atoms with E-state index in [2.05, 4.69) is 31.6 Å². The second-order valence-electron chi connectivity index (χ2n) is 7.73. The summed E-state index contributed by atoms with van der Waals surface area (Å²) in [5.74, 6) is 0.379. The molecule has 9 nitrogen and oxygen atoms in total. The lowest BCUT2D eigenvalue weighted by Gasteiger charge is -2.33. The maximum atomic E-state index is 13.0. The molecule has 1 atom stereocenters. The van der Waals surface area contributed by atoms with E-state index in [-0.39, 0.29) is 15.7 Å². The molecule has 0 radical (unpaired) electrons. The standard InChI is InChI=1S/C18H28N6O3S2/c1-11(2)16(22-29(26,27)17-12(3)19-13(4)28-17)14-10-15(25)21-18(20-14)24-8-6-23(5)7-9-24/h10-11,16,22H,6-9H2,1-5H3,(H,20,21,25)/t16-/m0/s1. The van der Waals surface area contributed by atoms with Gasteiger partial charge in [-0.2, -0.15) is 0 Å². The molecule has 0 saturated carbocycles. The van der Waals surface area contributed by atoms with Crippen LogP contribution in [0.4, 0.5) is 5.95 Å². The lowest BCUT2D eigenvalue weighted by atomic mass is 10.0. The van der Waals surface area contributed by atoms with Crippen molar-refractivity contribution < 1.29 is 8.42 Å². The number of aromatic nitrogens is 3. The van der Waals surface area contributed by atoms with E-state index in [0.29, 0.717) is 22.3 Å². The van der Waals surface area contributed by atoms with Gasteiger partial charge in [0.1, 0.15) is 0 Å². The fourth-order valence-corrected chi connectivity index (χ4v) is 6.17. The highest BCUT2D eigenvalue weighted by atomic mass is 32.2. The molecule has 0 aromatic carbocycles. The number of hydrogen-bond acceptors (Lipinski definition) is 8. The maximum absolute atomic E-state index is 13.0. The van der Waals surface area contributed by atoms with E-state index in [1.54, 1.807) is 13.8 Å². The van der Waals surface area contributed by atoms with E-state index >= 15 is 0 Å². The highest BCUT2D eigenvalue weighted by Crippen LogP contribution is 2.27. The molecule has 0 amide bonds. The van der Waals surface area contributed by atoms with Crippen LogP contribution in [-0.2, 0) is 10.0 Å². The van der Waals surface area contributed by atoms with E-state index in [0.717, 1.165) is 37.5 Å². The van der Waals surface area contributed by atoms with Crippen LogP contribution < -0.4 is 15.2 Å². The average Bonchev–Trinajstić information content (AvgIpc) is 2.99. The van der Waals surface area contributed by atoms with Crippen LogP contribution in [-0.4, -0.2) is 61.5 Å². The van der Waals surface area contributed by atoms with Crippen LogP contribution in [0.15, 0.2) is 15.1 Å². The van der Waals surface area contributed by atoms with Crippen LogP contribution in [0.1, 0.15) is 36.3 Å². The number of likely N-dealkylation sites (N-methyl/N-ethyl adjacent to an activating group) is 1. The number of anilines is 1. The number of nitrogens with one attached hydrogen (secondary N) is 2. The lowest BCUT2D eigenvalue weighted by Crippen LogP contribution is -2.45. The van der Waals surface area contributed by atoms with Crippen LogP contribution in [0.2, 0.25) is 0 Å². The summed E-state index contributed by atoms with van der Waals surface area (Å²) >= 11 is 1.14. The molecule has 2 N–H and O–H groups in total. The Hall–Kier alpha value is -1.82. The van der Waals surface area contributed by atoms with Gasteiger partial charge < -0.3 is 9.80 Å². The molecule has 2 aromatic rings. The Morgan fingerprint density at radius 1 is 1.17 bits per heavy atom. The van der Waals surface area contributed by atoms with E-state index in [1.807, 2.05) is 18.7 Å². The molecule has 0 unspecified atom stereocenters. The largest absolute Gasteiger partial charge is 0.340 e. The molecule has 29 heavy (non-hydrogen) atoms. The smallest absolute Gasteiger partial charge is 0.252 e. The molecule has 0 aliphatic carbocycles. The first kappa shape index (κ1) is 21.9. The first-order chi connectivity index (χ1) is 13.6. The summed E-state index contributed by atoms with van der Waals surface area (Å²) in [4.78, 5) is 28.2. The molecule has 3 heterocycles. The van der Waals surface area contributed by atoms with Crippen LogP contribution in [0.5, 0.6) is 0 Å². The van der Waals surface area contributed by atoms with Gasteiger partial charge in [-0.3, -0.25) is 9.78 Å². The van der Waals surface area contributed by atoms with E-state index in [1.165, 1.54) is 6.07 Å². The van der Waals surface area contributed by atoms with Crippen LogP contribution in [0, 0.1) is 19.8 Å². The number of aryl methyl sites for hydroxylation is 2. The molecular weight excluding hydrogens is 412 g/mol. The number of H-pyrrole nitrogens is 1. The zero-order chi connectivity index (χ0) is 21.3. The molecule has 2 aromatic heterocycles. The Balaban J connectivity index is 1.93. The SMILES string of the molecule is Cc1nc(C)c(S(=O)(=O)N[C@H](c2cc(=O)[nH]c(N3CCN(C)CC3)n2)C(C)C)s1. The van der Waals surface area contributed by atoms with Crippen molar-refractivity contribution in [3.05, 3.63) is 32.8 Å². The summed E-state index contributed by atoms with van der Waals surface area (Å²) in [6.07, 6.45) is 0. The van der Waals surface area contributed by atoms with Crippen molar-refractivity contribution in [2.24, 2.45) is 5.92 Å². The lowest BCUT2D eigenvalue weighted by molar-refractivity contribution is 0.310. The van der Waals surface area contributed by atoms with Gasteiger partial charge in [-0.1, -0.05) is 13.8 Å². The van der Waals surface area contributed by atoms with Crippen molar-refractivity contribution in [1.29, 1.82) is 0 Å². The van der Waals surface area contributed by atoms with Crippen molar-refractivity contribution in [3.8, 4) is 0 Å². The Labute approximate surface area is 175 Å². The Morgan fingerprint density at radius 2 is 1.83 bits per heavy atom. The Kier molecular flexibility index (Phi) is 6.42.